The van der Waals surface area contributed by atoms with Gasteiger partial charge in [0.25, 0.3) is 5.91 Å². The van der Waals surface area contributed by atoms with Gasteiger partial charge in [-0.25, -0.2) is 8.78 Å². The number of anilines is 1. The van der Waals surface area contributed by atoms with Crippen LogP contribution >= 0.6 is 0 Å². The third kappa shape index (κ3) is 3.69. The maximum atomic E-state index is 13.6. The molecule has 0 saturated carbocycles. The number of nitrogens with zero attached hydrogens (tertiary/aromatic N) is 1. The molecule has 1 saturated heterocycles. The number of likely N-dealkylation sites (N-methyl/N-ethyl adjacent to an activating group) is 1. The number of nitrogens with one attached hydrogen (secondary N) is 2. The number of halogens is 2. The molecule has 6 heteroatoms. The fourth-order valence-corrected chi connectivity index (χ4v) is 2.66. The van der Waals surface area contributed by atoms with Crippen LogP contribution in [0.1, 0.15) is 29.6 Å². The van der Waals surface area contributed by atoms with E-state index in [1.54, 1.807) is 0 Å². The van der Waals surface area contributed by atoms with Crippen LogP contribution in [0.2, 0.25) is 0 Å². The molecule has 0 spiro atoms. The predicted molar refractivity (Wildman–Crippen MR) is 78.5 cm³/mol. The molecule has 0 bridgehead atoms. The van der Waals surface area contributed by atoms with Crippen LogP contribution in [0.4, 0.5) is 14.5 Å². The molecule has 1 aliphatic rings. The second kappa shape index (κ2) is 6.85. The Morgan fingerprint density at radius 1 is 1.33 bits per heavy atom. The van der Waals surface area contributed by atoms with Crippen LogP contribution < -0.4 is 10.6 Å². The molecule has 1 aliphatic heterocycles. The number of benzene rings is 1. The zero-order valence-electron chi connectivity index (χ0n) is 12.4. The first-order valence-electron chi connectivity index (χ1n) is 7.18. The summed E-state index contributed by atoms with van der Waals surface area (Å²) < 4.78 is 27.3. The quantitative estimate of drug-likeness (QED) is 0.895. The van der Waals surface area contributed by atoms with Gasteiger partial charge in [-0.05, 0) is 38.6 Å². The van der Waals surface area contributed by atoms with E-state index in [1.807, 2.05) is 7.05 Å². The Labute approximate surface area is 123 Å². The van der Waals surface area contributed by atoms with Crippen molar-refractivity contribution in [1.29, 1.82) is 0 Å². The molecule has 0 aromatic heterocycles. The molecule has 0 aliphatic carbocycles. The summed E-state index contributed by atoms with van der Waals surface area (Å²) in [6.45, 7) is 1.51. The zero-order chi connectivity index (χ0) is 15.4. The largest absolute Gasteiger partial charge is 0.383 e. The summed E-state index contributed by atoms with van der Waals surface area (Å²) in [7, 11) is 3.46. The Morgan fingerprint density at radius 3 is 2.57 bits per heavy atom. The van der Waals surface area contributed by atoms with Gasteiger partial charge in [-0.15, -0.1) is 0 Å². The van der Waals surface area contributed by atoms with Crippen LogP contribution in [0.25, 0.3) is 0 Å². The first-order valence-corrected chi connectivity index (χ1v) is 7.18. The monoisotopic (exact) mass is 297 g/mol. The van der Waals surface area contributed by atoms with Crippen LogP contribution in [0.5, 0.6) is 0 Å². The van der Waals surface area contributed by atoms with Crippen LogP contribution in [-0.4, -0.2) is 44.0 Å². The van der Waals surface area contributed by atoms with E-state index in [9.17, 15) is 13.6 Å². The highest BCUT2D eigenvalue weighted by atomic mass is 19.1. The topological polar surface area (TPSA) is 44.4 Å². The molecule has 1 atom stereocenters. The van der Waals surface area contributed by atoms with Gasteiger partial charge < -0.3 is 15.5 Å². The summed E-state index contributed by atoms with van der Waals surface area (Å²) in [4.78, 5) is 14.2. The van der Waals surface area contributed by atoms with Crippen LogP contribution in [0, 0.1) is 11.6 Å². The number of hydrogen-bond donors (Lipinski definition) is 2. The minimum absolute atomic E-state index is 0.00228. The lowest BCUT2D eigenvalue weighted by atomic mass is 10.0. The van der Waals surface area contributed by atoms with Gasteiger partial charge >= 0.3 is 0 Å². The SMILES string of the molecule is CNc1c(F)cc(C(=O)NCC2CCCCN2C)cc1F. The molecule has 1 aromatic carbocycles. The van der Waals surface area contributed by atoms with Crippen molar-refractivity contribution in [3.63, 3.8) is 0 Å². The Balaban J connectivity index is 2.00. The number of amides is 1. The second-order valence-electron chi connectivity index (χ2n) is 5.41. The van der Waals surface area contributed by atoms with Crippen molar-refractivity contribution in [2.45, 2.75) is 25.3 Å². The summed E-state index contributed by atoms with van der Waals surface area (Å²) in [5.74, 6) is -1.98. The predicted octanol–water partition coefficient (Wildman–Crippen LogP) is 2.22. The van der Waals surface area contributed by atoms with Crippen molar-refractivity contribution in [3.05, 3.63) is 29.3 Å². The highest BCUT2D eigenvalue weighted by molar-refractivity contribution is 5.94. The highest BCUT2D eigenvalue weighted by Crippen LogP contribution is 2.20. The van der Waals surface area contributed by atoms with E-state index in [0.29, 0.717) is 6.54 Å². The molecule has 1 aromatic rings. The van der Waals surface area contributed by atoms with Crippen LogP contribution in [-0.2, 0) is 0 Å². The molecular formula is C15H21F2N3O. The summed E-state index contributed by atoms with van der Waals surface area (Å²) in [5.41, 5.74) is -0.221. The van der Waals surface area contributed by atoms with Crippen molar-refractivity contribution in [3.8, 4) is 0 Å². The molecule has 1 fully saturated rings. The number of piperidine rings is 1. The summed E-state index contributed by atoms with van der Waals surface area (Å²) in [6.07, 6.45) is 3.34. The van der Waals surface area contributed by atoms with E-state index in [0.717, 1.165) is 31.5 Å². The molecule has 116 valence electrons. The molecule has 1 unspecified atom stereocenters. The third-order valence-corrected chi connectivity index (χ3v) is 3.97. The van der Waals surface area contributed by atoms with Crippen molar-refractivity contribution in [2.24, 2.45) is 0 Å². The average Bonchev–Trinajstić information content (AvgIpc) is 2.45. The van der Waals surface area contributed by atoms with E-state index >= 15 is 0 Å². The van der Waals surface area contributed by atoms with Gasteiger partial charge in [0.2, 0.25) is 0 Å². The molecule has 1 heterocycles. The number of rotatable bonds is 4. The lowest BCUT2D eigenvalue weighted by Crippen LogP contribution is -2.44. The number of carbonyl (C=O) groups excluding carboxylic acids is 1. The minimum atomic E-state index is -0.766. The van der Waals surface area contributed by atoms with Crippen molar-refractivity contribution in [2.75, 3.05) is 32.5 Å². The molecule has 4 nitrogen and oxygen atoms in total. The Hall–Kier alpha value is -1.69. The Bertz CT molecular complexity index is 499. The Morgan fingerprint density at radius 2 is 2.00 bits per heavy atom. The lowest BCUT2D eigenvalue weighted by molar-refractivity contribution is 0.0927. The van der Waals surface area contributed by atoms with Crippen molar-refractivity contribution < 1.29 is 13.6 Å². The lowest BCUT2D eigenvalue weighted by Gasteiger charge is -2.32. The molecule has 1 amide bonds. The first-order chi connectivity index (χ1) is 10.0. The maximum Gasteiger partial charge on any atom is 0.251 e. The minimum Gasteiger partial charge on any atom is -0.383 e. The molecule has 21 heavy (non-hydrogen) atoms. The summed E-state index contributed by atoms with van der Waals surface area (Å²) in [6, 6.07) is 2.39. The van der Waals surface area contributed by atoms with E-state index < -0.39 is 17.5 Å². The average molecular weight is 297 g/mol. The molecule has 0 radical (unpaired) electrons. The summed E-state index contributed by atoms with van der Waals surface area (Å²) >= 11 is 0. The van der Waals surface area contributed by atoms with E-state index in [2.05, 4.69) is 15.5 Å². The number of carbonyl (C=O) groups is 1. The fourth-order valence-electron chi connectivity index (χ4n) is 2.66. The second-order valence-corrected chi connectivity index (χ2v) is 5.41. The smallest absolute Gasteiger partial charge is 0.251 e. The van der Waals surface area contributed by atoms with Gasteiger partial charge in [-0.1, -0.05) is 6.42 Å². The Kier molecular flexibility index (Phi) is 5.12. The van der Waals surface area contributed by atoms with Crippen molar-refractivity contribution in [1.82, 2.24) is 10.2 Å². The number of hydrogen-bond acceptors (Lipinski definition) is 3. The first kappa shape index (κ1) is 15.7. The van der Waals surface area contributed by atoms with Gasteiger partial charge in [0, 0.05) is 25.2 Å². The van der Waals surface area contributed by atoms with Crippen LogP contribution in [0.15, 0.2) is 12.1 Å². The summed E-state index contributed by atoms with van der Waals surface area (Å²) in [5, 5.41) is 5.19. The molecule has 2 rings (SSSR count). The van der Waals surface area contributed by atoms with E-state index in [4.69, 9.17) is 0 Å². The third-order valence-electron chi connectivity index (χ3n) is 3.97. The molecular weight excluding hydrogens is 276 g/mol. The maximum absolute atomic E-state index is 13.6. The fraction of sp³-hybridized carbons (Fsp3) is 0.533. The van der Waals surface area contributed by atoms with Gasteiger partial charge in [-0.2, -0.15) is 0 Å². The van der Waals surface area contributed by atoms with Gasteiger partial charge in [0.15, 0.2) is 0 Å². The van der Waals surface area contributed by atoms with Gasteiger partial charge in [0.1, 0.15) is 17.3 Å². The van der Waals surface area contributed by atoms with Gasteiger partial charge in [0.05, 0.1) is 0 Å². The van der Waals surface area contributed by atoms with Crippen LogP contribution in [0.3, 0.4) is 0 Å². The van der Waals surface area contributed by atoms with Gasteiger partial charge in [-0.3, -0.25) is 4.79 Å². The highest BCUT2D eigenvalue weighted by Gasteiger charge is 2.20. The van der Waals surface area contributed by atoms with E-state index in [1.165, 1.54) is 13.5 Å². The standard InChI is InChI=1S/C15H21F2N3O/c1-18-14-12(16)7-10(8-13(14)17)15(21)19-9-11-5-3-4-6-20(11)2/h7-8,11,18H,3-6,9H2,1-2H3,(H,19,21). The zero-order valence-corrected chi connectivity index (χ0v) is 12.4. The van der Waals surface area contributed by atoms with E-state index in [-0.39, 0.29) is 17.3 Å². The normalized spacial score (nSPS) is 19.3. The number of likely N-dealkylation sites (tertiary alicyclic amines) is 1. The molecule has 2 N–H and O–H groups in total. The van der Waals surface area contributed by atoms with Crippen molar-refractivity contribution >= 4 is 11.6 Å².